The molecule has 1 aromatic heterocycles. The quantitative estimate of drug-likeness (QED) is 0.356. The number of quaternary nitrogens is 1. The molecule has 3 aliphatic rings. The van der Waals surface area contributed by atoms with Crippen molar-refractivity contribution in [2.75, 3.05) is 20.2 Å². The Kier molecular flexibility index (Phi) is 5.82. The van der Waals surface area contributed by atoms with Gasteiger partial charge >= 0.3 is 0 Å². The third-order valence-electron chi connectivity index (χ3n) is 7.78. The van der Waals surface area contributed by atoms with E-state index >= 15 is 0 Å². The van der Waals surface area contributed by atoms with Crippen molar-refractivity contribution in [1.82, 2.24) is 4.98 Å². The normalized spacial score (nSPS) is 27.9. The predicted octanol–water partition coefficient (Wildman–Crippen LogP) is 5.65. The van der Waals surface area contributed by atoms with Crippen molar-refractivity contribution in [2.45, 2.75) is 31.5 Å². The number of methoxy groups -OCH3 is 1. The van der Waals surface area contributed by atoms with Crippen LogP contribution in [0.2, 0.25) is 0 Å². The molecule has 2 aromatic carbocycles. The first-order valence-corrected chi connectivity index (χ1v) is 12.2. The van der Waals surface area contributed by atoms with Gasteiger partial charge in [0.2, 0.25) is 0 Å². The average Bonchev–Trinajstić information content (AvgIpc) is 2.84. The van der Waals surface area contributed by atoms with Crippen molar-refractivity contribution < 1.29 is 14.3 Å². The Morgan fingerprint density at radius 1 is 1.28 bits per heavy atom. The number of fused-ring (bicyclic) bond motifs is 4. The van der Waals surface area contributed by atoms with Gasteiger partial charge in [0.15, 0.2) is 0 Å². The minimum Gasteiger partial charge on any atom is -0.497 e. The maximum Gasteiger partial charge on any atom is 0.131 e. The zero-order valence-corrected chi connectivity index (χ0v) is 20.0. The Morgan fingerprint density at radius 3 is 2.94 bits per heavy atom. The highest BCUT2D eigenvalue weighted by molar-refractivity contribution is 9.10. The second kappa shape index (κ2) is 8.62. The Balaban J connectivity index is 1.57. The molecule has 3 unspecified atom stereocenters. The maximum atomic E-state index is 11.8. The molecule has 0 amide bonds. The summed E-state index contributed by atoms with van der Waals surface area (Å²) in [5.74, 6) is 1.95. The number of aromatic nitrogens is 1. The zero-order valence-electron chi connectivity index (χ0n) is 18.5. The molecule has 5 heteroatoms. The molecule has 0 radical (unpaired) electrons. The SMILES string of the molecule is C=C[C@@H]1C[N+]2(Cc3cc(OC)ccc3Br)CCC1CC2[C@@H](O)c1ccnc2ccccc12. The molecule has 0 aliphatic carbocycles. The molecule has 4 heterocycles. The van der Waals surface area contributed by atoms with Gasteiger partial charge in [0.05, 0.1) is 25.7 Å². The summed E-state index contributed by atoms with van der Waals surface area (Å²) in [7, 11) is 1.71. The van der Waals surface area contributed by atoms with Gasteiger partial charge in [0.25, 0.3) is 0 Å². The van der Waals surface area contributed by atoms with E-state index in [9.17, 15) is 5.11 Å². The Hall–Kier alpha value is -2.21. The third-order valence-corrected chi connectivity index (χ3v) is 8.55. The van der Waals surface area contributed by atoms with Gasteiger partial charge in [-0.2, -0.15) is 0 Å². The van der Waals surface area contributed by atoms with E-state index in [0.29, 0.717) is 11.8 Å². The fourth-order valence-corrected chi connectivity index (χ4v) is 6.47. The third kappa shape index (κ3) is 3.66. The first-order valence-electron chi connectivity index (χ1n) is 11.4. The summed E-state index contributed by atoms with van der Waals surface area (Å²) in [4.78, 5) is 4.51. The first-order chi connectivity index (χ1) is 15.5. The van der Waals surface area contributed by atoms with Gasteiger partial charge in [0, 0.05) is 40.4 Å². The summed E-state index contributed by atoms with van der Waals surface area (Å²) in [6.07, 6.45) is 5.62. The summed E-state index contributed by atoms with van der Waals surface area (Å²) >= 11 is 3.76. The molecule has 3 fully saturated rings. The monoisotopic (exact) mass is 493 g/mol. The number of hydrogen-bond acceptors (Lipinski definition) is 3. The van der Waals surface area contributed by atoms with Gasteiger partial charge < -0.3 is 14.3 Å². The van der Waals surface area contributed by atoms with E-state index in [2.05, 4.69) is 51.8 Å². The maximum absolute atomic E-state index is 11.8. The first kappa shape index (κ1) is 21.6. The van der Waals surface area contributed by atoms with Gasteiger partial charge in [-0.1, -0.05) is 40.2 Å². The number of pyridine rings is 1. The topological polar surface area (TPSA) is 42.4 Å². The number of nitrogens with zero attached hydrogens (tertiary/aromatic N) is 2. The molecule has 5 atom stereocenters. The second-order valence-corrected chi connectivity index (χ2v) is 10.2. The van der Waals surface area contributed by atoms with Crippen LogP contribution in [0.15, 0.2) is 71.9 Å². The van der Waals surface area contributed by atoms with Crippen LogP contribution >= 0.6 is 15.9 Å². The number of rotatable bonds is 6. The molecule has 4 nitrogen and oxygen atoms in total. The van der Waals surface area contributed by atoms with Crippen LogP contribution in [0.4, 0.5) is 0 Å². The number of halogens is 1. The molecule has 166 valence electrons. The molecule has 0 spiro atoms. The minimum atomic E-state index is -0.541. The number of ether oxygens (including phenoxy) is 1. The smallest absolute Gasteiger partial charge is 0.131 e. The molecule has 3 aliphatic heterocycles. The second-order valence-electron chi connectivity index (χ2n) is 9.35. The highest BCUT2D eigenvalue weighted by atomic mass is 79.9. The lowest BCUT2D eigenvalue weighted by atomic mass is 9.71. The van der Waals surface area contributed by atoms with E-state index in [-0.39, 0.29) is 6.04 Å². The summed E-state index contributed by atoms with van der Waals surface area (Å²) < 4.78 is 7.47. The van der Waals surface area contributed by atoms with E-state index in [1.54, 1.807) is 7.11 Å². The lowest BCUT2D eigenvalue weighted by molar-refractivity contribution is -0.985. The highest BCUT2D eigenvalue weighted by Gasteiger charge is 2.54. The van der Waals surface area contributed by atoms with Crippen molar-refractivity contribution in [2.24, 2.45) is 11.8 Å². The van der Waals surface area contributed by atoms with E-state index in [1.165, 1.54) is 12.0 Å². The Morgan fingerprint density at radius 2 is 2.12 bits per heavy atom. The van der Waals surface area contributed by atoms with Crippen molar-refractivity contribution in [1.29, 1.82) is 0 Å². The van der Waals surface area contributed by atoms with Crippen LogP contribution in [-0.4, -0.2) is 40.8 Å². The van der Waals surface area contributed by atoms with E-state index in [0.717, 1.165) is 57.2 Å². The minimum absolute atomic E-state index is 0.133. The molecule has 6 rings (SSSR count). The summed E-state index contributed by atoms with van der Waals surface area (Å²) in [6.45, 7) is 7.10. The van der Waals surface area contributed by atoms with Crippen LogP contribution in [0, 0.1) is 11.8 Å². The number of aliphatic hydroxyl groups excluding tert-OH is 1. The lowest BCUT2D eigenvalue weighted by Gasteiger charge is -2.58. The lowest BCUT2D eigenvalue weighted by Crippen LogP contribution is -2.67. The van der Waals surface area contributed by atoms with Gasteiger partial charge in [-0.3, -0.25) is 4.98 Å². The zero-order chi connectivity index (χ0) is 22.3. The number of para-hydroxylation sites is 1. The predicted molar refractivity (Wildman–Crippen MR) is 131 cm³/mol. The summed E-state index contributed by atoms with van der Waals surface area (Å²) in [5.41, 5.74) is 3.15. The van der Waals surface area contributed by atoms with Crippen molar-refractivity contribution in [3.8, 4) is 5.75 Å². The molecule has 0 saturated carbocycles. The molecule has 1 N–H and O–H groups in total. The van der Waals surface area contributed by atoms with Gasteiger partial charge in [-0.25, -0.2) is 0 Å². The number of benzene rings is 2. The van der Waals surface area contributed by atoms with E-state index in [1.807, 2.05) is 36.5 Å². The summed E-state index contributed by atoms with van der Waals surface area (Å²) in [5, 5.41) is 12.9. The number of hydrogen-bond donors (Lipinski definition) is 1. The van der Waals surface area contributed by atoms with Crippen LogP contribution in [0.3, 0.4) is 0 Å². The van der Waals surface area contributed by atoms with Gasteiger partial charge in [0.1, 0.15) is 24.4 Å². The highest BCUT2D eigenvalue weighted by Crippen LogP contribution is 2.48. The van der Waals surface area contributed by atoms with Crippen molar-refractivity contribution >= 4 is 26.8 Å². The van der Waals surface area contributed by atoms with Crippen LogP contribution in [0.25, 0.3) is 10.9 Å². The fraction of sp³-hybridized carbons (Fsp3) is 0.370. The Labute approximate surface area is 198 Å². The fourth-order valence-electron chi connectivity index (χ4n) is 6.10. The Bertz CT molecular complexity index is 1140. The number of piperidine rings is 3. The van der Waals surface area contributed by atoms with Gasteiger partial charge in [-0.15, -0.1) is 6.58 Å². The summed E-state index contributed by atoms with van der Waals surface area (Å²) in [6, 6.07) is 16.4. The van der Waals surface area contributed by atoms with Gasteiger partial charge in [-0.05, 0) is 41.8 Å². The van der Waals surface area contributed by atoms with E-state index < -0.39 is 6.10 Å². The van der Waals surface area contributed by atoms with Crippen LogP contribution in [-0.2, 0) is 6.54 Å². The van der Waals surface area contributed by atoms with Crippen LogP contribution in [0.5, 0.6) is 5.75 Å². The van der Waals surface area contributed by atoms with Crippen molar-refractivity contribution in [3.05, 3.63) is 83.0 Å². The number of aliphatic hydroxyl groups is 1. The molecule has 3 aromatic rings. The van der Waals surface area contributed by atoms with E-state index in [4.69, 9.17) is 4.74 Å². The van der Waals surface area contributed by atoms with Crippen molar-refractivity contribution in [3.63, 3.8) is 0 Å². The molecule has 3 saturated heterocycles. The van der Waals surface area contributed by atoms with Crippen LogP contribution < -0.4 is 4.74 Å². The molecular formula is C27H30BrN2O2+. The standard InChI is InChI=1S/C27H30BrN2O2/c1-3-18-16-30(17-20-14-21(32-2)8-9-24(20)28)13-11-19(18)15-26(30)27(31)23-10-12-29-25-7-5-4-6-22(23)25/h3-10,12,14,18-19,26-27,31H,1,11,13,15-17H2,2H3/q+1/t18-,19?,26?,27+,30?/m1/s1. The molecular weight excluding hydrogens is 464 g/mol. The van der Waals surface area contributed by atoms with Crippen LogP contribution in [0.1, 0.15) is 30.1 Å². The molecule has 32 heavy (non-hydrogen) atoms. The molecule has 2 bridgehead atoms. The largest absolute Gasteiger partial charge is 0.497 e. The average molecular weight is 494 g/mol.